The van der Waals surface area contributed by atoms with Gasteiger partial charge in [-0.25, -0.2) is 10.5 Å². The fraction of sp³-hybridized carbons (Fsp3) is 0.211. The van der Waals surface area contributed by atoms with E-state index >= 15 is 0 Å². The molecular formula is C19H22N4. The third-order valence-corrected chi connectivity index (χ3v) is 3.66. The van der Waals surface area contributed by atoms with Crippen LogP contribution in [-0.4, -0.2) is 16.0 Å². The molecule has 0 saturated heterocycles. The van der Waals surface area contributed by atoms with Crippen molar-refractivity contribution in [3.8, 4) is 0 Å². The molecule has 2 aromatic rings. The van der Waals surface area contributed by atoms with Crippen LogP contribution in [0.2, 0.25) is 0 Å². The summed E-state index contributed by atoms with van der Waals surface area (Å²) < 4.78 is 0. The van der Waals surface area contributed by atoms with Gasteiger partial charge >= 0.3 is 0 Å². The third kappa shape index (κ3) is 3.79. The second-order valence-electron chi connectivity index (χ2n) is 5.46. The predicted molar refractivity (Wildman–Crippen MR) is 94.0 cm³/mol. The van der Waals surface area contributed by atoms with E-state index in [-0.39, 0.29) is 0 Å². The van der Waals surface area contributed by atoms with E-state index in [0.29, 0.717) is 0 Å². The fourth-order valence-electron chi connectivity index (χ4n) is 2.46. The van der Waals surface area contributed by atoms with E-state index in [1.54, 1.807) is 0 Å². The topological polar surface area (TPSA) is 30.9 Å². The highest BCUT2D eigenvalue weighted by Gasteiger charge is 2.24. The van der Waals surface area contributed by atoms with Gasteiger partial charge in [0.1, 0.15) is 0 Å². The van der Waals surface area contributed by atoms with Crippen molar-refractivity contribution in [2.45, 2.75) is 26.3 Å². The SMILES string of the molecule is CCCC=CN1C(c2ccccc2)=NNN1Cc1ccccc1. The molecule has 0 fully saturated rings. The summed E-state index contributed by atoms with van der Waals surface area (Å²) in [7, 11) is 0. The fourth-order valence-corrected chi connectivity index (χ4v) is 2.46. The quantitative estimate of drug-likeness (QED) is 0.878. The highest BCUT2D eigenvalue weighted by molar-refractivity contribution is 5.99. The van der Waals surface area contributed by atoms with Gasteiger partial charge in [-0.2, -0.15) is 0 Å². The average molecular weight is 306 g/mol. The van der Waals surface area contributed by atoms with Crippen LogP contribution < -0.4 is 5.53 Å². The van der Waals surface area contributed by atoms with Crippen molar-refractivity contribution < 1.29 is 0 Å². The van der Waals surface area contributed by atoms with Gasteiger partial charge in [-0.05, 0) is 12.0 Å². The Morgan fingerprint density at radius 1 is 1.00 bits per heavy atom. The molecule has 0 amide bonds. The van der Waals surface area contributed by atoms with E-state index < -0.39 is 0 Å². The molecule has 2 aromatic carbocycles. The zero-order valence-electron chi connectivity index (χ0n) is 13.4. The number of nitrogens with one attached hydrogen (secondary N) is 1. The van der Waals surface area contributed by atoms with Gasteiger partial charge in [0, 0.05) is 11.8 Å². The predicted octanol–water partition coefficient (Wildman–Crippen LogP) is 3.90. The number of hydrogen-bond acceptors (Lipinski definition) is 4. The highest BCUT2D eigenvalue weighted by Crippen LogP contribution is 2.16. The normalized spacial score (nSPS) is 15.0. The number of nitrogens with zero attached hydrogens (tertiary/aromatic N) is 3. The van der Waals surface area contributed by atoms with Gasteiger partial charge in [-0.15, -0.1) is 10.2 Å². The summed E-state index contributed by atoms with van der Waals surface area (Å²) in [5.74, 6) is 0.911. The van der Waals surface area contributed by atoms with Crippen molar-refractivity contribution in [2.75, 3.05) is 0 Å². The van der Waals surface area contributed by atoms with Crippen molar-refractivity contribution in [1.29, 1.82) is 0 Å². The summed E-state index contributed by atoms with van der Waals surface area (Å²) >= 11 is 0. The van der Waals surface area contributed by atoms with E-state index in [2.05, 4.69) is 71.2 Å². The van der Waals surface area contributed by atoms with Crippen molar-refractivity contribution in [3.05, 3.63) is 84.1 Å². The Labute approximate surface area is 137 Å². The van der Waals surface area contributed by atoms with Gasteiger partial charge in [0.05, 0.1) is 6.54 Å². The van der Waals surface area contributed by atoms with E-state index in [0.717, 1.165) is 30.8 Å². The summed E-state index contributed by atoms with van der Waals surface area (Å²) in [6, 6.07) is 20.6. The summed E-state index contributed by atoms with van der Waals surface area (Å²) in [5.41, 5.74) is 5.46. The van der Waals surface area contributed by atoms with Crippen LogP contribution >= 0.6 is 0 Å². The summed E-state index contributed by atoms with van der Waals surface area (Å²) in [6.45, 7) is 2.93. The maximum absolute atomic E-state index is 4.51. The van der Waals surface area contributed by atoms with Gasteiger partial charge < -0.3 is 0 Å². The van der Waals surface area contributed by atoms with E-state index in [1.165, 1.54) is 5.56 Å². The minimum absolute atomic E-state index is 0.747. The molecule has 118 valence electrons. The van der Waals surface area contributed by atoms with Gasteiger partial charge in [0.2, 0.25) is 0 Å². The lowest BCUT2D eigenvalue weighted by atomic mass is 10.2. The Morgan fingerprint density at radius 3 is 2.39 bits per heavy atom. The molecule has 0 saturated carbocycles. The summed E-state index contributed by atoms with van der Waals surface area (Å²) in [6.07, 6.45) is 6.47. The minimum atomic E-state index is 0.747. The zero-order valence-corrected chi connectivity index (χ0v) is 13.4. The first-order valence-electron chi connectivity index (χ1n) is 8.04. The lowest BCUT2D eigenvalue weighted by Crippen LogP contribution is -2.41. The molecule has 0 aromatic heterocycles. The number of rotatable bonds is 6. The Balaban J connectivity index is 1.81. The monoisotopic (exact) mass is 306 g/mol. The van der Waals surface area contributed by atoms with Crippen LogP contribution in [0.1, 0.15) is 30.9 Å². The van der Waals surface area contributed by atoms with Gasteiger partial charge in [0.15, 0.2) is 5.84 Å². The van der Waals surface area contributed by atoms with Crippen molar-refractivity contribution >= 4 is 5.84 Å². The van der Waals surface area contributed by atoms with E-state index in [1.807, 2.05) is 29.4 Å². The Bertz CT molecular complexity index is 664. The molecule has 1 N–H and O–H groups in total. The Hall–Kier alpha value is -2.59. The summed E-state index contributed by atoms with van der Waals surface area (Å²) in [5, 5.41) is 8.61. The maximum atomic E-state index is 4.51. The van der Waals surface area contributed by atoms with Gasteiger partial charge in [0.25, 0.3) is 0 Å². The molecule has 1 aliphatic heterocycles. The van der Waals surface area contributed by atoms with Crippen molar-refractivity contribution in [1.82, 2.24) is 15.7 Å². The standard InChI is InChI=1S/C19H22N4/c1-2-3-10-15-22-19(18-13-8-5-9-14-18)20-21-23(22)16-17-11-6-4-7-12-17/h4-15,21H,2-3,16H2,1H3. The second kappa shape index (κ2) is 7.61. The molecule has 0 aliphatic carbocycles. The molecule has 1 aliphatic rings. The Morgan fingerprint density at radius 2 is 1.70 bits per heavy atom. The van der Waals surface area contributed by atoms with Crippen LogP contribution in [0.3, 0.4) is 0 Å². The molecule has 23 heavy (non-hydrogen) atoms. The van der Waals surface area contributed by atoms with Crippen molar-refractivity contribution in [2.24, 2.45) is 5.10 Å². The van der Waals surface area contributed by atoms with Crippen LogP contribution in [0.5, 0.6) is 0 Å². The van der Waals surface area contributed by atoms with Crippen LogP contribution in [0.25, 0.3) is 0 Å². The first-order chi connectivity index (χ1) is 11.4. The molecule has 0 bridgehead atoms. The highest BCUT2D eigenvalue weighted by atomic mass is 15.9. The number of allylic oxidation sites excluding steroid dienone is 1. The number of amidine groups is 1. The number of benzene rings is 2. The van der Waals surface area contributed by atoms with E-state index in [4.69, 9.17) is 0 Å². The molecule has 4 heteroatoms. The summed E-state index contributed by atoms with van der Waals surface area (Å²) in [4.78, 5) is 0. The first-order valence-corrected chi connectivity index (χ1v) is 8.04. The molecule has 1 heterocycles. The second-order valence-corrected chi connectivity index (χ2v) is 5.46. The van der Waals surface area contributed by atoms with Crippen LogP contribution in [0.4, 0.5) is 0 Å². The van der Waals surface area contributed by atoms with E-state index in [9.17, 15) is 0 Å². The number of hydrazine groups is 2. The number of hydrogen-bond donors (Lipinski definition) is 1. The lowest BCUT2D eigenvalue weighted by molar-refractivity contribution is 0.0451. The number of hydrazone groups is 1. The van der Waals surface area contributed by atoms with Crippen LogP contribution in [-0.2, 0) is 6.54 Å². The number of unbranched alkanes of at least 4 members (excludes halogenated alkanes) is 1. The molecule has 0 atom stereocenters. The van der Waals surface area contributed by atoms with Crippen molar-refractivity contribution in [3.63, 3.8) is 0 Å². The molecule has 0 spiro atoms. The maximum Gasteiger partial charge on any atom is 0.177 e. The average Bonchev–Trinajstić information content (AvgIpc) is 3.00. The largest absolute Gasteiger partial charge is 0.243 e. The molecule has 3 rings (SSSR count). The zero-order chi connectivity index (χ0) is 15.9. The minimum Gasteiger partial charge on any atom is -0.243 e. The molecule has 4 nitrogen and oxygen atoms in total. The van der Waals surface area contributed by atoms with Gasteiger partial charge in [-0.3, -0.25) is 0 Å². The molecule has 0 unspecified atom stereocenters. The van der Waals surface area contributed by atoms with Crippen LogP contribution in [0, 0.1) is 0 Å². The van der Waals surface area contributed by atoms with Gasteiger partial charge in [-0.1, -0.05) is 80.1 Å². The Kier molecular flexibility index (Phi) is 5.06. The first kappa shape index (κ1) is 15.3. The van der Waals surface area contributed by atoms with Crippen LogP contribution in [0.15, 0.2) is 78.0 Å². The molecule has 0 radical (unpaired) electrons. The third-order valence-electron chi connectivity index (χ3n) is 3.66. The smallest absolute Gasteiger partial charge is 0.177 e. The lowest BCUT2D eigenvalue weighted by Gasteiger charge is -2.26. The molecular weight excluding hydrogens is 284 g/mol.